The number of nitrogens with one attached hydrogen (secondary N) is 2. The summed E-state index contributed by atoms with van der Waals surface area (Å²) in [7, 11) is 0. The number of nitrogens with zero attached hydrogens (tertiary/aromatic N) is 1. The lowest BCUT2D eigenvalue weighted by molar-refractivity contribution is 0.102. The van der Waals surface area contributed by atoms with E-state index in [0.717, 1.165) is 6.07 Å². The number of anilines is 2. The lowest BCUT2D eigenvalue weighted by atomic mass is 10.2. The van der Waals surface area contributed by atoms with Gasteiger partial charge in [0.1, 0.15) is 5.82 Å². The second-order valence-electron chi connectivity index (χ2n) is 3.69. The number of aryl methyl sites for hydroxylation is 1. The lowest BCUT2D eigenvalue weighted by Crippen LogP contribution is -2.14. The van der Waals surface area contributed by atoms with Crippen molar-refractivity contribution in [3.63, 3.8) is 0 Å². The van der Waals surface area contributed by atoms with Gasteiger partial charge in [0.15, 0.2) is 5.69 Å². The Balaban J connectivity index is 2.24. The second kappa shape index (κ2) is 4.66. The summed E-state index contributed by atoms with van der Waals surface area (Å²) in [6.45, 7) is 1.70. The number of aromatic amines is 1. The Bertz CT molecular complexity index is 611. The molecule has 2 aromatic rings. The molecule has 0 unspecified atom stereocenters. The van der Waals surface area contributed by atoms with Crippen LogP contribution in [0.25, 0.3) is 0 Å². The normalized spacial score (nSPS) is 10.4. The van der Waals surface area contributed by atoms with Crippen molar-refractivity contribution in [1.29, 1.82) is 0 Å². The molecule has 0 saturated carbocycles. The first-order valence-corrected chi connectivity index (χ1v) is 5.43. The molecule has 0 spiro atoms. The predicted octanol–water partition coefficient (Wildman–Crippen LogP) is 2.35. The molecule has 5 nitrogen and oxygen atoms in total. The van der Waals surface area contributed by atoms with Gasteiger partial charge in [0.25, 0.3) is 5.91 Å². The van der Waals surface area contributed by atoms with E-state index in [-0.39, 0.29) is 16.4 Å². The molecule has 1 heterocycles. The smallest absolute Gasteiger partial charge is 0.278 e. The number of hydrogen-bond acceptors (Lipinski definition) is 3. The summed E-state index contributed by atoms with van der Waals surface area (Å²) in [5.41, 5.74) is 6.91. The van der Waals surface area contributed by atoms with E-state index < -0.39 is 11.7 Å². The number of aromatic nitrogens is 2. The number of carbonyl (C=O) groups is 1. The van der Waals surface area contributed by atoms with Crippen molar-refractivity contribution in [3.8, 4) is 0 Å². The van der Waals surface area contributed by atoms with Crippen molar-refractivity contribution in [2.45, 2.75) is 6.92 Å². The molecular formula is C11H10ClFN4O. The molecule has 0 aliphatic heterocycles. The summed E-state index contributed by atoms with van der Waals surface area (Å²) in [5, 5.41) is 8.99. The van der Waals surface area contributed by atoms with Crippen LogP contribution in [0.3, 0.4) is 0 Å². The number of nitrogen functional groups attached to an aromatic ring is 1. The first-order chi connectivity index (χ1) is 8.49. The fraction of sp³-hybridized carbons (Fsp3) is 0.0909. The number of carbonyl (C=O) groups excluding carboxylic acids is 1. The monoisotopic (exact) mass is 268 g/mol. The maximum atomic E-state index is 12.8. The Labute approximate surface area is 107 Å². The van der Waals surface area contributed by atoms with Crippen LogP contribution in [0.2, 0.25) is 5.02 Å². The van der Waals surface area contributed by atoms with Gasteiger partial charge < -0.3 is 11.1 Å². The molecule has 0 atom stereocenters. The average Bonchev–Trinajstić information content (AvgIpc) is 2.64. The molecule has 1 aromatic carbocycles. The van der Waals surface area contributed by atoms with Crippen molar-refractivity contribution >= 4 is 28.9 Å². The number of halogens is 2. The third-order valence-corrected chi connectivity index (χ3v) is 2.70. The van der Waals surface area contributed by atoms with Gasteiger partial charge in [0, 0.05) is 0 Å². The maximum absolute atomic E-state index is 12.8. The number of benzene rings is 1. The molecule has 7 heteroatoms. The zero-order valence-electron chi connectivity index (χ0n) is 9.42. The number of amides is 1. The topological polar surface area (TPSA) is 83.8 Å². The zero-order chi connectivity index (χ0) is 13.3. The van der Waals surface area contributed by atoms with Gasteiger partial charge in [-0.05, 0) is 25.1 Å². The van der Waals surface area contributed by atoms with Gasteiger partial charge in [-0.1, -0.05) is 11.6 Å². The van der Waals surface area contributed by atoms with Crippen molar-refractivity contribution in [1.82, 2.24) is 10.2 Å². The highest BCUT2D eigenvalue weighted by molar-refractivity contribution is 6.34. The van der Waals surface area contributed by atoms with Gasteiger partial charge in [-0.2, -0.15) is 5.10 Å². The first-order valence-electron chi connectivity index (χ1n) is 5.06. The van der Waals surface area contributed by atoms with Crippen LogP contribution in [0.4, 0.5) is 15.8 Å². The Morgan fingerprint density at radius 1 is 1.56 bits per heavy atom. The van der Waals surface area contributed by atoms with Crippen molar-refractivity contribution < 1.29 is 9.18 Å². The number of H-pyrrole nitrogens is 1. The molecule has 0 aliphatic rings. The van der Waals surface area contributed by atoms with Crippen LogP contribution in [-0.4, -0.2) is 16.1 Å². The Kier molecular flexibility index (Phi) is 3.20. The standard InChI is InChI=1S/C11H10ClFN4O/c1-5-9(14)10(17-16-5)11(18)15-8-3-2-6(13)4-7(8)12/h2-4H,14H2,1H3,(H,15,18)(H,16,17). The Morgan fingerprint density at radius 3 is 2.83 bits per heavy atom. The molecule has 0 bridgehead atoms. The minimum Gasteiger partial charge on any atom is -0.395 e. The van der Waals surface area contributed by atoms with Crippen LogP contribution in [-0.2, 0) is 0 Å². The van der Waals surface area contributed by atoms with Crippen LogP contribution >= 0.6 is 11.6 Å². The van der Waals surface area contributed by atoms with E-state index in [9.17, 15) is 9.18 Å². The van der Waals surface area contributed by atoms with Crippen molar-refractivity contribution in [3.05, 3.63) is 40.4 Å². The van der Waals surface area contributed by atoms with Gasteiger partial charge in [-0.15, -0.1) is 0 Å². The van der Waals surface area contributed by atoms with Crippen LogP contribution in [0.5, 0.6) is 0 Å². The second-order valence-corrected chi connectivity index (χ2v) is 4.10. The minimum atomic E-state index is -0.509. The third kappa shape index (κ3) is 2.28. The molecule has 4 N–H and O–H groups in total. The summed E-state index contributed by atoms with van der Waals surface area (Å²) in [4.78, 5) is 11.9. The zero-order valence-corrected chi connectivity index (χ0v) is 10.2. The van der Waals surface area contributed by atoms with E-state index in [0.29, 0.717) is 11.4 Å². The quantitative estimate of drug-likeness (QED) is 0.782. The summed E-state index contributed by atoms with van der Waals surface area (Å²) in [5.74, 6) is -0.988. The van der Waals surface area contributed by atoms with Gasteiger partial charge in [-0.3, -0.25) is 9.89 Å². The summed E-state index contributed by atoms with van der Waals surface area (Å²) < 4.78 is 12.8. The highest BCUT2D eigenvalue weighted by Crippen LogP contribution is 2.23. The number of hydrogen-bond donors (Lipinski definition) is 3. The van der Waals surface area contributed by atoms with E-state index in [4.69, 9.17) is 17.3 Å². The largest absolute Gasteiger partial charge is 0.395 e. The molecule has 0 saturated heterocycles. The highest BCUT2D eigenvalue weighted by Gasteiger charge is 2.16. The third-order valence-electron chi connectivity index (χ3n) is 2.39. The fourth-order valence-corrected chi connectivity index (χ4v) is 1.60. The van der Waals surface area contributed by atoms with Gasteiger partial charge in [0.2, 0.25) is 0 Å². The van der Waals surface area contributed by atoms with Crippen molar-refractivity contribution in [2.24, 2.45) is 0 Å². The molecule has 1 amide bonds. The predicted molar refractivity (Wildman–Crippen MR) is 67.1 cm³/mol. The molecule has 0 radical (unpaired) electrons. The van der Waals surface area contributed by atoms with E-state index in [1.807, 2.05) is 0 Å². The Hall–Kier alpha value is -2.08. The van der Waals surface area contributed by atoms with Gasteiger partial charge in [-0.25, -0.2) is 4.39 Å². The molecule has 0 aliphatic carbocycles. The van der Waals surface area contributed by atoms with Crippen LogP contribution < -0.4 is 11.1 Å². The highest BCUT2D eigenvalue weighted by atomic mass is 35.5. The van der Waals surface area contributed by atoms with Crippen LogP contribution in [0.1, 0.15) is 16.2 Å². The first kappa shape index (κ1) is 12.4. The molecule has 18 heavy (non-hydrogen) atoms. The molecule has 2 rings (SSSR count). The Morgan fingerprint density at radius 2 is 2.28 bits per heavy atom. The van der Waals surface area contributed by atoms with Crippen LogP contribution in [0.15, 0.2) is 18.2 Å². The lowest BCUT2D eigenvalue weighted by Gasteiger charge is -2.06. The molecule has 1 aromatic heterocycles. The fourth-order valence-electron chi connectivity index (χ4n) is 1.38. The minimum absolute atomic E-state index is 0.0768. The van der Waals surface area contributed by atoms with Crippen molar-refractivity contribution in [2.75, 3.05) is 11.1 Å². The van der Waals surface area contributed by atoms with E-state index in [2.05, 4.69) is 15.5 Å². The number of rotatable bonds is 2. The van der Waals surface area contributed by atoms with Gasteiger partial charge in [0.05, 0.1) is 22.1 Å². The molecule has 0 fully saturated rings. The summed E-state index contributed by atoms with van der Waals surface area (Å²) in [6, 6.07) is 3.67. The molecule has 94 valence electrons. The van der Waals surface area contributed by atoms with Gasteiger partial charge >= 0.3 is 0 Å². The van der Waals surface area contributed by atoms with E-state index >= 15 is 0 Å². The maximum Gasteiger partial charge on any atom is 0.278 e. The van der Waals surface area contributed by atoms with E-state index in [1.54, 1.807) is 6.92 Å². The summed E-state index contributed by atoms with van der Waals surface area (Å²) >= 11 is 5.79. The number of nitrogens with two attached hydrogens (primary N) is 1. The summed E-state index contributed by atoms with van der Waals surface area (Å²) in [6.07, 6.45) is 0. The van der Waals surface area contributed by atoms with Crippen LogP contribution in [0, 0.1) is 12.7 Å². The molecular weight excluding hydrogens is 259 g/mol. The van der Waals surface area contributed by atoms with E-state index in [1.165, 1.54) is 12.1 Å². The average molecular weight is 269 g/mol. The SMILES string of the molecule is Cc1[nH]nc(C(=O)Nc2ccc(F)cc2Cl)c1N.